The molecule has 2 unspecified atom stereocenters. The number of hydrogen-bond acceptors (Lipinski definition) is 8. The SMILES string of the molecule is CCC12CC(NC)CN1C(=O)c1cc(-c3nc(N[C@@H]4CCN(S(C)(=O)=O)C[C@H]4F)ncc3C(F)(F)F)sc12. The number of piperidine rings is 1. The van der Waals surface area contributed by atoms with Crippen LogP contribution in [0, 0.1) is 0 Å². The molecule has 5 heterocycles. The van der Waals surface area contributed by atoms with Crippen LogP contribution >= 0.6 is 11.3 Å². The van der Waals surface area contributed by atoms with Crippen LogP contribution in [0.15, 0.2) is 12.3 Å². The van der Waals surface area contributed by atoms with Crippen LogP contribution in [-0.4, -0.2) is 84.7 Å². The molecule has 4 atom stereocenters. The van der Waals surface area contributed by atoms with E-state index in [1.54, 1.807) is 4.90 Å². The zero-order valence-corrected chi connectivity index (χ0v) is 22.6. The van der Waals surface area contributed by atoms with Gasteiger partial charge in [-0.05, 0) is 32.4 Å². The van der Waals surface area contributed by atoms with Gasteiger partial charge in [-0.25, -0.2) is 22.8 Å². The number of fused-ring (bicyclic) bond motifs is 3. The molecule has 2 aromatic heterocycles. The van der Waals surface area contributed by atoms with Gasteiger partial charge in [0, 0.05) is 36.8 Å². The van der Waals surface area contributed by atoms with Crippen LogP contribution in [-0.2, 0) is 21.7 Å². The number of rotatable bonds is 6. The fourth-order valence-corrected chi connectivity index (χ4v) is 7.95. The summed E-state index contributed by atoms with van der Waals surface area (Å²) in [5.41, 5.74) is -1.63. The van der Waals surface area contributed by atoms with E-state index in [2.05, 4.69) is 20.6 Å². The quantitative estimate of drug-likeness (QED) is 0.509. The normalized spacial score (nSPS) is 28.0. The Morgan fingerprint density at radius 3 is 2.63 bits per heavy atom. The predicted octanol–water partition coefficient (Wildman–Crippen LogP) is 3.06. The van der Waals surface area contributed by atoms with Crippen LogP contribution in [0.5, 0.6) is 0 Å². The number of thiophene rings is 1. The highest BCUT2D eigenvalue weighted by Gasteiger charge is 2.55. The minimum atomic E-state index is -4.76. The summed E-state index contributed by atoms with van der Waals surface area (Å²) in [5.74, 6) is -0.405. The van der Waals surface area contributed by atoms with Crippen LogP contribution in [0.2, 0.25) is 0 Å². The number of carbonyl (C=O) groups excluding carboxylic acids is 1. The Morgan fingerprint density at radius 2 is 2.03 bits per heavy atom. The van der Waals surface area contributed by atoms with Crippen molar-refractivity contribution in [3.63, 3.8) is 0 Å². The molecule has 3 aliphatic heterocycles. The summed E-state index contributed by atoms with van der Waals surface area (Å²) in [5, 5.41) is 5.95. The number of hydrogen-bond donors (Lipinski definition) is 2. The van der Waals surface area contributed by atoms with Crippen molar-refractivity contribution in [1.82, 2.24) is 24.5 Å². The van der Waals surface area contributed by atoms with Crippen LogP contribution in [0.4, 0.5) is 23.5 Å². The van der Waals surface area contributed by atoms with Gasteiger partial charge >= 0.3 is 6.18 Å². The lowest BCUT2D eigenvalue weighted by molar-refractivity contribution is -0.137. The lowest BCUT2D eigenvalue weighted by Gasteiger charge is -2.33. The molecule has 38 heavy (non-hydrogen) atoms. The first-order chi connectivity index (χ1) is 17.8. The van der Waals surface area contributed by atoms with E-state index in [4.69, 9.17) is 0 Å². The molecule has 5 rings (SSSR count). The molecular weight excluding hydrogens is 548 g/mol. The molecule has 1 amide bonds. The number of aromatic nitrogens is 2. The van der Waals surface area contributed by atoms with E-state index in [0.29, 0.717) is 31.1 Å². The summed E-state index contributed by atoms with van der Waals surface area (Å²) in [6.07, 6.45) is -3.33. The number of amides is 1. The predicted molar refractivity (Wildman–Crippen MR) is 134 cm³/mol. The Morgan fingerprint density at radius 1 is 1.29 bits per heavy atom. The van der Waals surface area contributed by atoms with Crippen molar-refractivity contribution in [2.45, 2.75) is 56.2 Å². The first-order valence-corrected chi connectivity index (χ1v) is 14.9. The molecule has 2 N–H and O–H groups in total. The smallest absolute Gasteiger partial charge is 0.348 e. The molecule has 208 valence electrons. The van der Waals surface area contributed by atoms with Gasteiger partial charge in [-0.15, -0.1) is 11.3 Å². The number of halogens is 4. The molecule has 15 heteroatoms. The summed E-state index contributed by atoms with van der Waals surface area (Å²) in [4.78, 5) is 23.9. The molecule has 2 fully saturated rings. The topological polar surface area (TPSA) is 108 Å². The van der Waals surface area contributed by atoms with Gasteiger partial charge in [0.25, 0.3) is 5.91 Å². The zero-order chi connectivity index (χ0) is 27.6. The zero-order valence-electron chi connectivity index (χ0n) is 21.0. The molecule has 0 saturated carbocycles. The number of nitrogens with zero attached hydrogens (tertiary/aromatic N) is 4. The van der Waals surface area contributed by atoms with Gasteiger partial charge in [-0.1, -0.05) is 6.92 Å². The Hall–Kier alpha value is -2.36. The van der Waals surface area contributed by atoms with Gasteiger partial charge < -0.3 is 15.5 Å². The summed E-state index contributed by atoms with van der Waals surface area (Å²) < 4.78 is 81.2. The van der Waals surface area contributed by atoms with Gasteiger partial charge in [-0.2, -0.15) is 17.5 Å². The lowest BCUT2D eigenvalue weighted by Crippen LogP contribution is -2.49. The van der Waals surface area contributed by atoms with E-state index in [-0.39, 0.29) is 48.0 Å². The Labute approximate surface area is 221 Å². The van der Waals surface area contributed by atoms with Crippen molar-refractivity contribution in [2.75, 3.05) is 38.3 Å². The lowest BCUT2D eigenvalue weighted by atomic mass is 9.91. The van der Waals surface area contributed by atoms with Crippen molar-refractivity contribution in [3.8, 4) is 10.6 Å². The van der Waals surface area contributed by atoms with Crippen molar-refractivity contribution in [2.24, 2.45) is 0 Å². The maximum Gasteiger partial charge on any atom is 0.420 e. The average Bonchev–Trinajstić information content (AvgIpc) is 3.50. The van der Waals surface area contributed by atoms with Crippen LogP contribution in [0.3, 0.4) is 0 Å². The van der Waals surface area contributed by atoms with Crippen molar-refractivity contribution >= 4 is 33.2 Å². The monoisotopic (exact) mass is 576 g/mol. The van der Waals surface area contributed by atoms with Crippen molar-refractivity contribution < 1.29 is 30.8 Å². The minimum Gasteiger partial charge on any atom is -0.348 e. The van der Waals surface area contributed by atoms with E-state index < -0.39 is 39.5 Å². The molecule has 2 saturated heterocycles. The molecule has 2 aromatic rings. The third-order valence-electron chi connectivity index (χ3n) is 7.74. The van der Waals surface area contributed by atoms with Crippen LogP contribution < -0.4 is 10.6 Å². The highest BCUT2D eigenvalue weighted by Crippen LogP contribution is 2.54. The Balaban J connectivity index is 1.49. The number of alkyl halides is 4. The number of sulfonamides is 1. The van der Waals surface area contributed by atoms with E-state index in [9.17, 15) is 30.8 Å². The minimum absolute atomic E-state index is 0.0629. The van der Waals surface area contributed by atoms with Gasteiger partial charge in [0.2, 0.25) is 16.0 Å². The second-order valence-corrected chi connectivity index (χ2v) is 13.0. The summed E-state index contributed by atoms with van der Waals surface area (Å²) in [6, 6.07) is 0.679. The number of nitrogens with one attached hydrogen (secondary N) is 2. The Kier molecular flexibility index (Phi) is 6.72. The number of likely N-dealkylation sites (N-methyl/N-ethyl adjacent to an activating group) is 1. The van der Waals surface area contributed by atoms with Crippen LogP contribution in [0.1, 0.15) is 47.0 Å². The maximum absolute atomic E-state index is 14.8. The van der Waals surface area contributed by atoms with Crippen molar-refractivity contribution in [1.29, 1.82) is 0 Å². The number of anilines is 1. The molecule has 0 bridgehead atoms. The van der Waals surface area contributed by atoms with Gasteiger partial charge in [0.15, 0.2) is 0 Å². The molecule has 0 aromatic carbocycles. The molecule has 0 radical (unpaired) electrons. The van der Waals surface area contributed by atoms with Gasteiger partial charge in [0.05, 0.1) is 34.0 Å². The third kappa shape index (κ3) is 4.46. The third-order valence-corrected chi connectivity index (χ3v) is 10.3. The molecule has 9 nitrogen and oxygen atoms in total. The first-order valence-electron chi connectivity index (χ1n) is 12.2. The molecule has 3 aliphatic rings. The van der Waals surface area contributed by atoms with Gasteiger partial charge in [0.1, 0.15) is 11.7 Å². The second-order valence-electron chi connectivity index (χ2n) is 9.97. The van der Waals surface area contributed by atoms with E-state index in [1.807, 2.05) is 14.0 Å². The largest absolute Gasteiger partial charge is 0.420 e. The summed E-state index contributed by atoms with van der Waals surface area (Å²) in [6.45, 7) is 2.18. The Bertz CT molecular complexity index is 1370. The van der Waals surface area contributed by atoms with Crippen molar-refractivity contribution in [3.05, 3.63) is 28.3 Å². The van der Waals surface area contributed by atoms with E-state index >= 15 is 0 Å². The average molecular weight is 577 g/mol. The first kappa shape index (κ1) is 27.2. The van der Waals surface area contributed by atoms with E-state index in [0.717, 1.165) is 26.8 Å². The van der Waals surface area contributed by atoms with E-state index in [1.165, 1.54) is 6.07 Å². The molecule has 0 spiro atoms. The molecular formula is C23H28F4N6O3S2. The fourth-order valence-electron chi connectivity index (χ4n) is 5.67. The highest BCUT2D eigenvalue weighted by molar-refractivity contribution is 7.88. The summed E-state index contributed by atoms with van der Waals surface area (Å²) in [7, 11) is -1.75. The highest BCUT2D eigenvalue weighted by atomic mass is 32.2. The summed E-state index contributed by atoms with van der Waals surface area (Å²) >= 11 is 1.12. The fraction of sp³-hybridized carbons (Fsp3) is 0.609. The standard InChI is InChI=1S/C23H28F4N6O3S2/c1-4-22-8-12(28-2)10-33(22)20(34)13-7-17(37-19(13)22)18-14(23(25,26)27)9-29-21(31-18)30-16-5-6-32(11-15(16)24)38(3,35)36/h7,9,12,15-16,28H,4-6,8,10-11H2,1-3H3,(H,29,30,31)/t12?,15-,16-,22?/m1/s1. The second kappa shape index (κ2) is 9.38. The molecule has 0 aliphatic carbocycles. The number of carbonyl (C=O) groups is 1. The maximum atomic E-state index is 14.8. The van der Waals surface area contributed by atoms with Gasteiger partial charge in [-0.3, -0.25) is 4.79 Å². The van der Waals surface area contributed by atoms with Crippen LogP contribution in [0.25, 0.3) is 10.6 Å².